The van der Waals surface area contributed by atoms with Crippen molar-refractivity contribution in [2.24, 2.45) is 0 Å². The maximum atomic E-state index is 12.3. The van der Waals surface area contributed by atoms with Crippen LogP contribution >= 0.6 is 0 Å². The zero-order chi connectivity index (χ0) is 11.8. The molecule has 0 aromatic carbocycles. The molecule has 6 heteroatoms. The first kappa shape index (κ1) is 11.6. The number of piperazine rings is 1. The van der Waals surface area contributed by atoms with E-state index < -0.39 is 10.0 Å². The van der Waals surface area contributed by atoms with Crippen LogP contribution in [0.2, 0.25) is 0 Å². The van der Waals surface area contributed by atoms with Gasteiger partial charge in [-0.2, -0.15) is 4.31 Å². The molecule has 0 bridgehead atoms. The van der Waals surface area contributed by atoms with Crippen molar-refractivity contribution in [1.82, 2.24) is 14.6 Å². The Morgan fingerprint density at radius 2 is 2.19 bits per heavy atom. The van der Waals surface area contributed by atoms with Gasteiger partial charge in [0.2, 0.25) is 0 Å². The lowest BCUT2D eigenvalue weighted by Crippen LogP contribution is -2.59. The van der Waals surface area contributed by atoms with Gasteiger partial charge in [0.15, 0.2) is 0 Å². The van der Waals surface area contributed by atoms with Gasteiger partial charge in [0, 0.05) is 31.4 Å². The normalized spacial score (nSPS) is 22.1. The smallest absolute Gasteiger partial charge is 0.259 e. The molecule has 0 radical (unpaired) electrons. The monoisotopic (exact) mass is 243 g/mol. The zero-order valence-corrected chi connectivity index (χ0v) is 10.3. The van der Waals surface area contributed by atoms with Crippen molar-refractivity contribution in [2.45, 2.75) is 24.4 Å². The first-order chi connectivity index (χ1) is 7.44. The molecule has 16 heavy (non-hydrogen) atoms. The summed E-state index contributed by atoms with van der Waals surface area (Å²) < 4.78 is 26.2. The van der Waals surface area contributed by atoms with Crippen molar-refractivity contribution < 1.29 is 8.42 Å². The molecule has 1 aliphatic heterocycles. The van der Waals surface area contributed by atoms with Gasteiger partial charge in [0.25, 0.3) is 10.0 Å². The minimum absolute atomic E-state index is 0.266. The summed E-state index contributed by atoms with van der Waals surface area (Å²) in [5.41, 5.74) is -0.387. The van der Waals surface area contributed by atoms with Gasteiger partial charge in [-0.25, -0.2) is 8.42 Å². The SMILES string of the molecule is CC1(C)CNCCN1S(=O)(=O)c1ccc[nH]1. The van der Waals surface area contributed by atoms with E-state index in [4.69, 9.17) is 0 Å². The maximum Gasteiger partial charge on any atom is 0.259 e. The first-order valence-corrected chi connectivity index (χ1v) is 6.75. The van der Waals surface area contributed by atoms with Crippen LogP contribution in [0.25, 0.3) is 0 Å². The Balaban J connectivity index is 2.37. The van der Waals surface area contributed by atoms with Gasteiger partial charge in [-0.3, -0.25) is 0 Å². The van der Waals surface area contributed by atoms with Gasteiger partial charge in [0.1, 0.15) is 5.03 Å². The van der Waals surface area contributed by atoms with E-state index in [0.29, 0.717) is 19.6 Å². The second-order valence-electron chi connectivity index (χ2n) is 4.60. The average molecular weight is 243 g/mol. The van der Waals surface area contributed by atoms with Crippen LogP contribution < -0.4 is 5.32 Å². The van der Waals surface area contributed by atoms with Crippen LogP contribution in [0, 0.1) is 0 Å². The van der Waals surface area contributed by atoms with Crippen molar-refractivity contribution in [1.29, 1.82) is 0 Å². The largest absolute Gasteiger partial charge is 0.351 e. The molecule has 1 fully saturated rings. The van der Waals surface area contributed by atoms with Crippen molar-refractivity contribution in [2.75, 3.05) is 19.6 Å². The van der Waals surface area contributed by atoms with E-state index in [1.165, 1.54) is 0 Å². The number of aromatic nitrogens is 1. The van der Waals surface area contributed by atoms with Crippen molar-refractivity contribution in [3.63, 3.8) is 0 Å². The van der Waals surface area contributed by atoms with Gasteiger partial charge in [0.05, 0.1) is 0 Å². The highest BCUT2D eigenvalue weighted by Crippen LogP contribution is 2.24. The van der Waals surface area contributed by atoms with Crippen molar-refractivity contribution >= 4 is 10.0 Å². The number of hydrogen-bond acceptors (Lipinski definition) is 3. The quantitative estimate of drug-likeness (QED) is 0.789. The molecule has 1 aromatic rings. The fraction of sp³-hybridized carbons (Fsp3) is 0.600. The summed E-state index contributed by atoms with van der Waals surface area (Å²) in [6, 6.07) is 3.29. The van der Waals surface area contributed by atoms with E-state index in [-0.39, 0.29) is 10.6 Å². The minimum Gasteiger partial charge on any atom is -0.351 e. The predicted octanol–water partition coefficient (Wildman–Crippen LogP) is 0.387. The molecule has 5 nitrogen and oxygen atoms in total. The Morgan fingerprint density at radius 3 is 2.75 bits per heavy atom. The third-order valence-electron chi connectivity index (χ3n) is 2.86. The highest BCUT2D eigenvalue weighted by Gasteiger charge is 2.39. The Hall–Kier alpha value is -0.850. The summed E-state index contributed by atoms with van der Waals surface area (Å²) in [4.78, 5) is 2.76. The number of rotatable bonds is 2. The van der Waals surface area contributed by atoms with Gasteiger partial charge >= 0.3 is 0 Å². The van der Waals surface area contributed by atoms with E-state index in [0.717, 1.165) is 0 Å². The third-order valence-corrected chi connectivity index (χ3v) is 4.93. The molecule has 0 amide bonds. The topological polar surface area (TPSA) is 65.2 Å². The predicted molar refractivity (Wildman–Crippen MR) is 61.6 cm³/mol. The van der Waals surface area contributed by atoms with E-state index in [1.54, 1.807) is 22.6 Å². The summed E-state index contributed by atoms with van der Waals surface area (Å²) in [6.07, 6.45) is 1.63. The fourth-order valence-electron chi connectivity index (χ4n) is 2.00. The maximum absolute atomic E-state index is 12.3. The third kappa shape index (κ3) is 1.88. The van der Waals surface area contributed by atoms with Gasteiger partial charge in [-0.15, -0.1) is 0 Å². The van der Waals surface area contributed by atoms with Crippen LogP contribution in [-0.2, 0) is 10.0 Å². The van der Waals surface area contributed by atoms with E-state index in [2.05, 4.69) is 10.3 Å². The highest BCUT2D eigenvalue weighted by molar-refractivity contribution is 7.89. The number of aromatic amines is 1. The molecular weight excluding hydrogens is 226 g/mol. The number of nitrogens with zero attached hydrogens (tertiary/aromatic N) is 1. The molecule has 0 spiro atoms. The molecule has 0 saturated carbocycles. The number of H-pyrrole nitrogens is 1. The summed E-state index contributed by atoms with van der Waals surface area (Å²) in [5.74, 6) is 0. The molecule has 1 aromatic heterocycles. The number of sulfonamides is 1. The minimum atomic E-state index is -3.39. The Labute approximate surface area is 95.9 Å². The van der Waals surface area contributed by atoms with E-state index >= 15 is 0 Å². The Morgan fingerprint density at radius 1 is 1.44 bits per heavy atom. The zero-order valence-electron chi connectivity index (χ0n) is 9.53. The van der Waals surface area contributed by atoms with Crippen LogP contribution in [0.5, 0.6) is 0 Å². The number of hydrogen-bond donors (Lipinski definition) is 2. The van der Waals surface area contributed by atoms with Crippen molar-refractivity contribution in [3.8, 4) is 0 Å². The highest BCUT2D eigenvalue weighted by atomic mass is 32.2. The molecule has 2 heterocycles. The molecular formula is C10H17N3O2S. The second-order valence-corrected chi connectivity index (χ2v) is 6.43. The molecule has 2 rings (SSSR count). The summed E-state index contributed by atoms with van der Waals surface area (Å²) >= 11 is 0. The average Bonchev–Trinajstić information content (AvgIpc) is 2.69. The molecule has 0 atom stereocenters. The summed E-state index contributed by atoms with van der Waals surface area (Å²) in [5, 5.41) is 3.47. The van der Waals surface area contributed by atoms with Crippen molar-refractivity contribution in [3.05, 3.63) is 18.3 Å². The van der Waals surface area contributed by atoms with E-state index in [1.807, 2.05) is 13.8 Å². The lowest BCUT2D eigenvalue weighted by molar-refractivity contribution is 0.185. The summed E-state index contributed by atoms with van der Waals surface area (Å²) in [7, 11) is -3.39. The molecule has 1 saturated heterocycles. The molecule has 90 valence electrons. The standard InChI is InChI=1S/C10H17N3O2S/c1-10(2)8-11-6-7-13(10)16(14,15)9-4-3-5-12-9/h3-5,11-12H,6-8H2,1-2H3. The molecule has 1 aliphatic rings. The lowest BCUT2D eigenvalue weighted by Gasteiger charge is -2.41. The van der Waals surface area contributed by atoms with Crippen LogP contribution in [0.1, 0.15) is 13.8 Å². The van der Waals surface area contributed by atoms with Crippen LogP contribution in [0.3, 0.4) is 0 Å². The van der Waals surface area contributed by atoms with Gasteiger partial charge in [-0.05, 0) is 26.0 Å². The fourth-order valence-corrected chi connectivity index (χ4v) is 3.76. The summed E-state index contributed by atoms with van der Waals surface area (Å²) in [6.45, 7) is 5.74. The lowest BCUT2D eigenvalue weighted by atomic mass is 10.0. The first-order valence-electron chi connectivity index (χ1n) is 5.31. The number of nitrogens with one attached hydrogen (secondary N) is 2. The molecule has 0 unspecified atom stereocenters. The second kappa shape index (κ2) is 3.87. The Kier molecular flexibility index (Phi) is 2.81. The Bertz CT molecular complexity index is 450. The molecule has 2 N–H and O–H groups in total. The van der Waals surface area contributed by atoms with Gasteiger partial charge < -0.3 is 10.3 Å². The van der Waals surface area contributed by atoms with Gasteiger partial charge in [-0.1, -0.05) is 0 Å². The van der Waals surface area contributed by atoms with Crippen LogP contribution in [0.4, 0.5) is 0 Å². The van der Waals surface area contributed by atoms with Crippen LogP contribution in [0.15, 0.2) is 23.4 Å². The molecule has 0 aliphatic carbocycles. The van der Waals surface area contributed by atoms with Crippen LogP contribution in [-0.4, -0.2) is 42.9 Å². The van der Waals surface area contributed by atoms with E-state index in [9.17, 15) is 8.42 Å².